The average Bonchev–Trinajstić information content (AvgIpc) is 2.02. The maximum atomic E-state index is 11.1. The Kier molecular flexibility index (Phi) is 6.68. The van der Waals surface area contributed by atoms with Gasteiger partial charge in [0.25, 0.3) is 0 Å². The van der Waals surface area contributed by atoms with E-state index in [1.54, 1.807) is 18.7 Å². The second kappa shape index (κ2) is 6.95. The summed E-state index contributed by atoms with van der Waals surface area (Å²) in [6.45, 7) is 5.94. The second-order valence-corrected chi connectivity index (χ2v) is 4.31. The van der Waals surface area contributed by atoms with E-state index in [1.807, 2.05) is 13.8 Å². The Morgan fingerprint density at radius 1 is 1.38 bits per heavy atom. The molecule has 0 saturated heterocycles. The second-order valence-electron chi connectivity index (χ2n) is 3.20. The van der Waals surface area contributed by atoms with Crippen molar-refractivity contribution in [2.45, 2.75) is 20.8 Å². The van der Waals surface area contributed by atoms with Gasteiger partial charge in [-0.1, -0.05) is 13.8 Å². The van der Waals surface area contributed by atoms with Crippen molar-refractivity contribution in [3.05, 3.63) is 0 Å². The third-order valence-electron chi connectivity index (χ3n) is 1.38. The summed E-state index contributed by atoms with van der Waals surface area (Å²) in [5.74, 6) is 1.64. The van der Waals surface area contributed by atoms with Crippen LogP contribution in [0.1, 0.15) is 20.8 Å². The van der Waals surface area contributed by atoms with Crippen LogP contribution in [-0.4, -0.2) is 29.7 Å². The third kappa shape index (κ3) is 7.84. The molecule has 0 aliphatic rings. The zero-order valence-corrected chi connectivity index (χ0v) is 9.24. The molecule has 0 bridgehead atoms. The molecule has 1 amide bonds. The molecular weight excluding hydrogens is 186 g/mol. The fourth-order valence-electron chi connectivity index (χ4n) is 0.666. The Bertz CT molecular complexity index is 180. The number of hydrogen-bond donors (Lipinski definition) is 1. The molecule has 0 aromatic rings. The number of thioether (sulfide) groups is 1. The fourth-order valence-corrected chi connectivity index (χ4v) is 1.34. The van der Waals surface area contributed by atoms with Crippen molar-refractivity contribution in [1.82, 2.24) is 5.32 Å². The molecule has 0 spiro atoms. The topological polar surface area (TPSA) is 46.2 Å². The number of hydrogen-bond acceptors (Lipinski definition) is 3. The maximum absolute atomic E-state index is 11.1. The van der Waals surface area contributed by atoms with E-state index in [-0.39, 0.29) is 17.6 Å². The fraction of sp³-hybridized carbons (Fsp3) is 0.778. The van der Waals surface area contributed by atoms with Crippen LogP contribution in [0.25, 0.3) is 0 Å². The standard InChI is InChI=1S/C9H17NO2S/c1-7(2)9(12)10-4-5-13-6-8(3)11/h7H,4-6H2,1-3H3,(H,10,12). The highest BCUT2D eigenvalue weighted by Crippen LogP contribution is 1.98. The summed E-state index contributed by atoms with van der Waals surface area (Å²) in [4.78, 5) is 21.6. The number of ketones is 1. The minimum atomic E-state index is 0.0396. The average molecular weight is 203 g/mol. The summed E-state index contributed by atoms with van der Waals surface area (Å²) in [6.07, 6.45) is 0. The molecule has 3 nitrogen and oxygen atoms in total. The Balaban J connectivity index is 3.26. The van der Waals surface area contributed by atoms with Gasteiger partial charge >= 0.3 is 0 Å². The molecule has 0 rings (SSSR count). The molecule has 13 heavy (non-hydrogen) atoms. The lowest BCUT2D eigenvalue weighted by atomic mass is 10.2. The number of rotatable bonds is 6. The predicted octanol–water partition coefficient (Wildman–Crippen LogP) is 1.08. The van der Waals surface area contributed by atoms with Gasteiger partial charge in [-0.3, -0.25) is 9.59 Å². The van der Waals surface area contributed by atoms with Crippen molar-refractivity contribution in [3.63, 3.8) is 0 Å². The van der Waals surface area contributed by atoms with Crippen molar-refractivity contribution in [1.29, 1.82) is 0 Å². The lowest BCUT2D eigenvalue weighted by Gasteiger charge is -2.06. The van der Waals surface area contributed by atoms with Crippen LogP contribution in [0, 0.1) is 5.92 Å². The van der Waals surface area contributed by atoms with E-state index in [9.17, 15) is 9.59 Å². The highest BCUT2D eigenvalue weighted by atomic mass is 32.2. The van der Waals surface area contributed by atoms with Gasteiger partial charge in [0.15, 0.2) is 0 Å². The van der Waals surface area contributed by atoms with Crippen molar-refractivity contribution in [2.24, 2.45) is 5.92 Å². The van der Waals surface area contributed by atoms with E-state index < -0.39 is 0 Å². The lowest BCUT2D eigenvalue weighted by Crippen LogP contribution is -2.29. The highest BCUT2D eigenvalue weighted by molar-refractivity contribution is 7.99. The summed E-state index contributed by atoms with van der Waals surface area (Å²) in [6, 6.07) is 0. The molecule has 0 radical (unpaired) electrons. The van der Waals surface area contributed by atoms with Crippen LogP contribution in [0.15, 0.2) is 0 Å². The zero-order chi connectivity index (χ0) is 10.3. The van der Waals surface area contributed by atoms with E-state index in [0.717, 1.165) is 5.75 Å². The van der Waals surface area contributed by atoms with Crippen molar-refractivity contribution in [3.8, 4) is 0 Å². The molecule has 0 unspecified atom stereocenters. The smallest absolute Gasteiger partial charge is 0.222 e. The molecule has 0 aliphatic carbocycles. The first-order valence-corrected chi connectivity index (χ1v) is 5.54. The van der Waals surface area contributed by atoms with E-state index in [0.29, 0.717) is 12.3 Å². The van der Waals surface area contributed by atoms with Gasteiger partial charge in [-0.15, -0.1) is 0 Å². The van der Waals surface area contributed by atoms with Crippen molar-refractivity contribution in [2.75, 3.05) is 18.1 Å². The number of Topliss-reactive ketones (excluding diaryl/α,β-unsaturated/α-hetero) is 1. The van der Waals surface area contributed by atoms with Gasteiger partial charge in [0.05, 0.1) is 5.75 Å². The molecule has 0 atom stereocenters. The van der Waals surface area contributed by atoms with Crippen LogP contribution >= 0.6 is 11.8 Å². The summed E-state index contributed by atoms with van der Waals surface area (Å²) >= 11 is 1.55. The molecule has 0 saturated carbocycles. The number of nitrogens with one attached hydrogen (secondary N) is 1. The van der Waals surface area contributed by atoms with Gasteiger partial charge in [-0.2, -0.15) is 11.8 Å². The molecule has 0 fully saturated rings. The minimum Gasteiger partial charge on any atom is -0.355 e. The summed E-state index contributed by atoms with van der Waals surface area (Å²) in [5.41, 5.74) is 0. The van der Waals surface area contributed by atoms with E-state index in [1.165, 1.54) is 0 Å². The Morgan fingerprint density at radius 2 is 2.00 bits per heavy atom. The van der Waals surface area contributed by atoms with Crippen LogP contribution < -0.4 is 5.32 Å². The predicted molar refractivity (Wildman–Crippen MR) is 55.9 cm³/mol. The number of carbonyl (C=O) groups is 2. The SMILES string of the molecule is CC(=O)CSCCNC(=O)C(C)C. The van der Waals surface area contributed by atoms with Gasteiger partial charge in [0, 0.05) is 18.2 Å². The normalized spacial score (nSPS) is 10.2. The molecule has 0 aliphatic heterocycles. The minimum absolute atomic E-state index is 0.0396. The maximum Gasteiger partial charge on any atom is 0.222 e. The molecular formula is C9H17NO2S. The highest BCUT2D eigenvalue weighted by Gasteiger charge is 2.04. The van der Waals surface area contributed by atoms with Gasteiger partial charge in [-0.05, 0) is 6.92 Å². The van der Waals surface area contributed by atoms with Crippen LogP contribution in [0.5, 0.6) is 0 Å². The molecule has 4 heteroatoms. The van der Waals surface area contributed by atoms with Gasteiger partial charge < -0.3 is 5.32 Å². The Labute approximate surface area is 83.7 Å². The molecule has 1 N–H and O–H groups in total. The van der Waals surface area contributed by atoms with E-state index in [2.05, 4.69) is 5.32 Å². The van der Waals surface area contributed by atoms with Crippen LogP contribution in [-0.2, 0) is 9.59 Å². The Morgan fingerprint density at radius 3 is 2.46 bits per heavy atom. The molecule has 0 heterocycles. The number of amides is 1. The first-order valence-electron chi connectivity index (χ1n) is 4.39. The Hall–Kier alpha value is -0.510. The summed E-state index contributed by atoms with van der Waals surface area (Å²) in [5, 5.41) is 2.78. The van der Waals surface area contributed by atoms with Crippen molar-refractivity contribution < 1.29 is 9.59 Å². The van der Waals surface area contributed by atoms with Gasteiger partial charge in [0.2, 0.25) is 5.91 Å². The van der Waals surface area contributed by atoms with E-state index in [4.69, 9.17) is 0 Å². The van der Waals surface area contributed by atoms with Gasteiger partial charge in [-0.25, -0.2) is 0 Å². The molecule has 0 aromatic heterocycles. The summed E-state index contributed by atoms with van der Waals surface area (Å²) in [7, 11) is 0. The van der Waals surface area contributed by atoms with Crippen LogP contribution in [0.3, 0.4) is 0 Å². The van der Waals surface area contributed by atoms with E-state index >= 15 is 0 Å². The molecule has 0 aromatic carbocycles. The lowest BCUT2D eigenvalue weighted by molar-refractivity contribution is -0.123. The third-order valence-corrected chi connectivity index (χ3v) is 2.48. The largest absolute Gasteiger partial charge is 0.355 e. The monoisotopic (exact) mass is 203 g/mol. The first kappa shape index (κ1) is 12.5. The van der Waals surface area contributed by atoms with Crippen molar-refractivity contribution >= 4 is 23.5 Å². The quantitative estimate of drug-likeness (QED) is 0.657. The first-order chi connectivity index (χ1) is 6.04. The zero-order valence-electron chi connectivity index (χ0n) is 8.42. The summed E-state index contributed by atoms with van der Waals surface area (Å²) < 4.78 is 0. The number of carbonyl (C=O) groups excluding carboxylic acids is 2. The van der Waals surface area contributed by atoms with Gasteiger partial charge in [0.1, 0.15) is 5.78 Å². The van der Waals surface area contributed by atoms with Crippen LogP contribution in [0.2, 0.25) is 0 Å². The van der Waals surface area contributed by atoms with Crippen LogP contribution in [0.4, 0.5) is 0 Å². The molecule has 76 valence electrons.